The van der Waals surface area contributed by atoms with Crippen molar-refractivity contribution in [2.24, 2.45) is 0 Å². The molecule has 0 spiro atoms. The Kier molecular flexibility index (Phi) is 2.82. The fourth-order valence-corrected chi connectivity index (χ4v) is 1.86. The summed E-state index contributed by atoms with van der Waals surface area (Å²) in [5.41, 5.74) is 2.28. The van der Waals surface area contributed by atoms with E-state index in [9.17, 15) is 5.11 Å². The highest BCUT2D eigenvalue weighted by Gasteiger charge is 2.15. The summed E-state index contributed by atoms with van der Waals surface area (Å²) in [7, 11) is 2.06. The van der Waals surface area contributed by atoms with Crippen LogP contribution in [0.5, 0.6) is 5.75 Å². The largest absolute Gasteiger partial charge is 0.490 e. The van der Waals surface area contributed by atoms with E-state index in [-0.39, 0.29) is 6.10 Å². The molecule has 1 heterocycles. The average Bonchev–Trinajstić information content (AvgIpc) is 2.18. The Balaban J connectivity index is 2.27. The number of ether oxygens (including phenoxy) is 1. The number of aliphatic hydroxyl groups is 1. The minimum atomic E-state index is -0.294. The second kappa shape index (κ2) is 4.11. The number of nitrogens with zero attached hydrogens (tertiary/aromatic N) is 1. The Morgan fingerprint density at radius 2 is 2.33 bits per heavy atom. The van der Waals surface area contributed by atoms with Gasteiger partial charge in [-0.1, -0.05) is 6.07 Å². The molecule has 0 radical (unpaired) electrons. The van der Waals surface area contributed by atoms with Crippen LogP contribution in [0.25, 0.3) is 0 Å². The van der Waals surface area contributed by atoms with E-state index in [0.717, 1.165) is 30.2 Å². The molecule has 0 amide bonds. The van der Waals surface area contributed by atoms with Crippen LogP contribution in [0.3, 0.4) is 0 Å². The Hall–Kier alpha value is -1.22. The number of fused-ring (bicyclic) bond motifs is 1. The first-order valence-corrected chi connectivity index (χ1v) is 5.32. The van der Waals surface area contributed by atoms with Crippen molar-refractivity contribution in [3.8, 4) is 5.75 Å². The summed E-state index contributed by atoms with van der Waals surface area (Å²) in [5.74, 6) is 0.943. The van der Waals surface area contributed by atoms with Crippen LogP contribution in [0, 0.1) is 0 Å². The van der Waals surface area contributed by atoms with Gasteiger partial charge < -0.3 is 14.7 Å². The lowest BCUT2D eigenvalue weighted by molar-refractivity contribution is 0.195. The molecular weight excluding hydrogens is 190 g/mol. The zero-order valence-corrected chi connectivity index (χ0v) is 9.23. The van der Waals surface area contributed by atoms with E-state index >= 15 is 0 Å². The maximum absolute atomic E-state index is 9.33. The second-order valence-electron chi connectivity index (χ2n) is 4.13. The van der Waals surface area contributed by atoms with Crippen LogP contribution in [0.15, 0.2) is 18.2 Å². The van der Waals surface area contributed by atoms with Gasteiger partial charge in [-0.2, -0.15) is 0 Å². The predicted molar refractivity (Wildman–Crippen MR) is 60.6 cm³/mol. The lowest BCUT2D eigenvalue weighted by Crippen LogP contribution is -2.28. The molecule has 2 rings (SSSR count). The predicted octanol–water partition coefficient (Wildman–Crippen LogP) is 1.44. The van der Waals surface area contributed by atoms with E-state index in [2.05, 4.69) is 18.0 Å². The highest BCUT2D eigenvalue weighted by Crippen LogP contribution is 2.31. The summed E-state index contributed by atoms with van der Waals surface area (Å²) in [5, 5.41) is 9.33. The first-order chi connectivity index (χ1) is 7.16. The van der Waals surface area contributed by atoms with Gasteiger partial charge >= 0.3 is 0 Å². The van der Waals surface area contributed by atoms with Gasteiger partial charge in [-0.15, -0.1) is 0 Å². The molecule has 0 saturated heterocycles. The van der Waals surface area contributed by atoms with E-state index < -0.39 is 0 Å². The van der Waals surface area contributed by atoms with Gasteiger partial charge in [0.2, 0.25) is 0 Å². The van der Waals surface area contributed by atoms with Crippen molar-refractivity contribution in [2.45, 2.75) is 19.4 Å². The third-order valence-corrected chi connectivity index (χ3v) is 2.65. The number of benzene rings is 1. The topological polar surface area (TPSA) is 32.7 Å². The smallest absolute Gasteiger partial charge is 0.142 e. The van der Waals surface area contributed by atoms with E-state index in [1.54, 1.807) is 6.92 Å². The van der Waals surface area contributed by atoms with Crippen molar-refractivity contribution in [3.63, 3.8) is 0 Å². The van der Waals surface area contributed by atoms with Crippen molar-refractivity contribution in [2.75, 3.05) is 25.1 Å². The number of likely N-dealkylation sites (N-methyl/N-ethyl adjacent to an activating group) is 1. The van der Waals surface area contributed by atoms with E-state index in [1.807, 2.05) is 12.1 Å². The van der Waals surface area contributed by atoms with Gasteiger partial charge in [-0.3, -0.25) is 0 Å². The molecular formula is C12H17NO2. The molecule has 1 aromatic carbocycles. The third kappa shape index (κ3) is 2.23. The van der Waals surface area contributed by atoms with Gasteiger partial charge in [-0.05, 0) is 31.0 Å². The van der Waals surface area contributed by atoms with Crippen LogP contribution < -0.4 is 9.64 Å². The molecule has 0 aromatic heterocycles. The maximum atomic E-state index is 9.33. The monoisotopic (exact) mass is 207 g/mol. The molecule has 0 bridgehead atoms. The van der Waals surface area contributed by atoms with Crippen molar-refractivity contribution in [3.05, 3.63) is 23.8 Å². The molecule has 82 valence electrons. The zero-order chi connectivity index (χ0) is 10.8. The second-order valence-corrected chi connectivity index (χ2v) is 4.13. The normalized spacial score (nSPS) is 16.9. The van der Waals surface area contributed by atoms with Gasteiger partial charge in [0.1, 0.15) is 12.4 Å². The quantitative estimate of drug-likeness (QED) is 0.796. The number of anilines is 1. The summed E-state index contributed by atoms with van der Waals surface area (Å²) in [4.78, 5) is 2.18. The van der Waals surface area contributed by atoms with Crippen LogP contribution in [0.1, 0.15) is 12.5 Å². The molecule has 1 N–H and O–H groups in total. The molecule has 0 saturated carbocycles. The van der Waals surface area contributed by atoms with Gasteiger partial charge in [0.15, 0.2) is 0 Å². The average molecular weight is 207 g/mol. The minimum Gasteiger partial charge on any atom is -0.490 e. The van der Waals surface area contributed by atoms with Crippen LogP contribution in [0.4, 0.5) is 5.69 Å². The Bertz CT molecular complexity index is 349. The summed E-state index contributed by atoms with van der Waals surface area (Å²) in [6.45, 7) is 3.48. The number of rotatable bonds is 2. The third-order valence-electron chi connectivity index (χ3n) is 2.65. The molecule has 1 atom stereocenters. The van der Waals surface area contributed by atoms with Crippen LogP contribution in [-0.4, -0.2) is 31.4 Å². The molecule has 1 aromatic rings. The minimum absolute atomic E-state index is 0.294. The number of hydrogen-bond acceptors (Lipinski definition) is 3. The standard InChI is InChI=1S/C12H17NO2/c1-9(14)7-10-3-4-12-11(8-10)13(2)5-6-15-12/h3-4,8-9,14H,5-7H2,1-2H3/t9-/m0/s1. The Morgan fingerprint density at radius 1 is 1.53 bits per heavy atom. The van der Waals surface area contributed by atoms with E-state index in [4.69, 9.17) is 4.74 Å². The molecule has 1 aliphatic heterocycles. The van der Waals surface area contributed by atoms with Crippen LogP contribution in [-0.2, 0) is 6.42 Å². The van der Waals surface area contributed by atoms with Crippen LogP contribution in [0.2, 0.25) is 0 Å². The van der Waals surface area contributed by atoms with Gasteiger partial charge in [0.05, 0.1) is 18.3 Å². The van der Waals surface area contributed by atoms with Crippen molar-refractivity contribution in [1.82, 2.24) is 0 Å². The molecule has 0 fully saturated rings. The molecule has 1 aliphatic rings. The first-order valence-electron chi connectivity index (χ1n) is 5.32. The van der Waals surface area contributed by atoms with Crippen molar-refractivity contribution in [1.29, 1.82) is 0 Å². The molecule has 0 unspecified atom stereocenters. The SMILES string of the molecule is C[C@H](O)Cc1ccc2c(c1)N(C)CCO2. The maximum Gasteiger partial charge on any atom is 0.142 e. The highest BCUT2D eigenvalue weighted by atomic mass is 16.5. The molecule has 3 nitrogen and oxygen atoms in total. The van der Waals surface area contributed by atoms with E-state index in [1.165, 1.54) is 0 Å². The summed E-state index contributed by atoms with van der Waals surface area (Å²) < 4.78 is 5.55. The zero-order valence-electron chi connectivity index (χ0n) is 9.23. The molecule has 0 aliphatic carbocycles. The van der Waals surface area contributed by atoms with Gasteiger partial charge in [0, 0.05) is 7.05 Å². The lowest BCUT2D eigenvalue weighted by Gasteiger charge is -2.28. The first kappa shape index (κ1) is 10.3. The van der Waals surface area contributed by atoms with Crippen LogP contribution >= 0.6 is 0 Å². The van der Waals surface area contributed by atoms with Crippen molar-refractivity contribution < 1.29 is 9.84 Å². The van der Waals surface area contributed by atoms with E-state index in [0.29, 0.717) is 6.42 Å². The fourth-order valence-electron chi connectivity index (χ4n) is 1.86. The highest BCUT2D eigenvalue weighted by molar-refractivity contribution is 5.60. The lowest BCUT2D eigenvalue weighted by atomic mass is 10.1. The molecule has 15 heavy (non-hydrogen) atoms. The Labute approximate surface area is 90.3 Å². The summed E-state index contributed by atoms with van der Waals surface area (Å²) in [6, 6.07) is 6.11. The summed E-state index contributed by atoms with van der Waals surface area (Å²) in [6.07, 6.45) is 0.402. The summed E-state index contributed by atoms with van der Waals surface area (Å²) >= 11 is 0. The number of hydrogen-bond donors (Lipinski definition) is 1. The molecule has 3 heteroatoms. The fraction of sp³-hybridized carbons (Fsp3) is 0.500. The Morgan fingerprint density at radius 3 is 3.07 bits per heavy atom. The van der Waals surface area contributed by atoms with Gasteiger partial charge in [-0.25, -0.2) is 0 Å². The van der Waals surface area contributed by atoms with Crippen molar-refractivity contribution >= 4 is 5.69 Å². The van der Waals surface area contributed by atoms with Gasteiger partial charge in [0.25, 0.3) is 0 Å². The number of aliphatic hydroxyl groups excluding tert-OH is 1.